The molecule has 0 aromatic heterocycles. The predicted octanol–water partition coefficient (Wildman–Crippen LogP) is 5.29. The Bertz CT molecular complexity index is 1120. The Balaban J connectivity index is 1.27. The number of rotatable bonds is 8. The largest absolute Gasteiger partial charge is 0.479 e. The smallest absolute Gasteiger partial charge is 0.265 e. The lowest BCUT2D eigenvalue weighted by Crippen LogP contribution is -2.34. The second-order valence-corrected chi connectivity index (χ2v) is 8.69. The zero-order valence-corrected chi connectivity index (χ0v) is 19.3. The number of ether oxygens (including phenoxy) is 1. The van der Waals surface area contributed by atoms with Crippen LogP contribution in [0.1, 0.15) is 29.2 Å². The van der Waals surface area contributed by atoms with Crippen LogP contribution in [0.5, 0.6) is 5.75 Å². The van der Waals surface area contributed by atoms with Crippen molar-refractivity contribution in [1.82, 2.24) is 10.6 Å². The number of benzene rings is 3. The van der Waals surface area contributed by atoms with Gasteiger partial charge in [-0.1, -0.05) is 59.6 Å². The fourth-order valence-corrected chi connectivity index (χ4v) is 4.05. The lowest BCUT2D eigenvalue weighted by molar-refractivity contribution is -0.122. The minimum Gasteiger partial charge on any atom is -0.479 e. The first kappa shape index (κ1) is 22.6. The Kier molecular flexibility index (Phi) is 7.33. The van der Waals surface area contributed by atoms with Gasteiger partial charge in [-0.15, -0.1) is 0 Å². The van der Waals surface area contributed by atoms with E-state index in [1.54, 1.807) is 13.0 Å². The molecule has 1 heterocycles. The summed E-state index contributed by atoms with van der Waals surface area (Å²) in [7, 11) is 0. The fourth-order valence-electron chi connectivity index (χ4n) is 3.57. The number of carbonyl (C=O) groups is 1. The molecule has 32 heavy (non-hydrogen) atoms. The third kappa shape index (κ3) is 5.81. The van der Waals surface area contributed by atoms with Crippen LogP contribution in [-0.2, 0) is 31.0 Å². The normalized spacial score (nSPS) is 15.1. The number of nitrogens with one attached hydrogen (secondary N) is 3. The van der Waals surface area contributed by atoms with Gasteiger partial charge in [0.2, 0.25) is 0 Å². The lowest BCUT2D eigenvalue weighted by atomic mass is 10.1. The second-order valence-electron chi connectivity index (χ2n) is 7.84. The van der Waals surface area contributed by atoms with Gasteiger partial charge in [-0.3, -0.25) is 4.79 Å². The van der Waals surface area contributed by atoms with Crippen LogP contribution in [0.25, 0.3) is 0 Å². The van der Waals surface area contributed by atoms with E-state index in [9.17, 15) is 4.79 Å². The Morgan fingerprint density at radius 3 is 2.28 bits per heavy atom. The van der Waals surface area contributed by atoms with E-state index in [2.05, 4.69) is 40.2 Å². The standard InChI is InChI=1S/C25H25Cl2N3O2/c1-16-25(31)30-23-10-19(5-8-24(23)32-16)14-28-12-17-3-2-4-18(9-17)13-29-15-20-6-7-21(26)11-22(20)27/h2-11,16,28-29H,12-15H2,1H3,(H,30,31). The van der Waals surface area contributed by atoms with Crippen molar-refractivity contribution in [2.75, 3.05) is 5.32 Å². The number of fused-ring (bicyclic) bond motifs is 1. The Hall–Kier alpha value is -2.57. The quantitative estimate of drug-likeness (QED) is 0.419. The van der Waals surface area contributed by atoms with E-state index in [4.69, 9.17) is 27.9 Å². The van der Waals surface area contributed by atoms with Gasteiger partial charge < -0.3 is 20.7 Å². The maximum atomic E-state index is 11.8. The van der Waals surface area contributed by atoms with Crippen molar-refractivity contribution in [2.24, 2.45) is 0 Å². The van der Waals surface area contributed by atoms with Crippen LogP contribution < -0.4 is 20.7 Å². The first-order valence-corrected chi connectivity index (χ1v) is 11.3. The van der Waals surface area contributed by atoms with Crippen LogP contribution in [0.15, 0.2) is 60.7 Å². The molecule has 3 N–H and O–H groups in total. The third-order valence-corrected chi connectivity index (χ3v) is 5.87. The van der Waals surface area contributed by atoms with Gasteiger partial charge >= 0.3 is 0 Å². The van der Waals surface area contributed by atoms with E-state index in [0.717, 1.165) is 29.9 Å². The summed E-state index contributed by atoms with van der Waals surface area (Å²) in [5.41, 5.74) is 5.24. The van der Waals surface area contributed by atoms with E-state index >= 15 is 0 Å². The van der Waals surface area contributed by atoms with Crippen LogP contribution in [0.4, 0.5) is 5.69 Å². The second kappa shape index (κ2) is 10.4. The molecule has 0 saturated carbocycles. The highest BCUT2D eigenvalue weighted by molar-refractivity contribution is 6.35. The molecular weight excluding hydrogens is 445 g/mol. The highest BCUT2D eigenvalue weighted by Gasteiger charge is 2.23. The van der Waals surface area contributed by atoms with E-state index in [0.29, 0.717) is 28.9 Å². The maximum Gasteiger partial charge on any atom is 0.265 e. The third-order valence-electron chi connectivity index (χ3n) is 5.28. The molecule has 1 unspecified atom stereocenters. The molecule has 7 heteroatoms. The summed E-state index contributed by atoms with van der Waals surface area (Å²) in [6, 6.07) is 19.9. The fraction of sp³-hybridized carbons (Fsp3) is 0.240. The molecule has 0 spiro atoms. The molecule has 0 aliphatic carbocycles. The minimum absolute atomic E-state index is 0.119. The molecule has 0 fully saturated rings. The molecule has 1 amide bonds. The Labute approximate surface area is 198 Å². The van der Waals surface area contributed by atoms with E-state index in [1.165, 1.54) is 11.1 Å². The van der Waals surface area contributed by atoms with Gasteiger partial charge in [0.25, 0.3) is 5.91 Å². The van der Waals surface area contributed by atoms with Gasteiger partial charge in [0, 0.05) is 36.2 Å². The summed E-state index contributed by atoms with van der Waals surface area (Å²) in [5, 5.41) is 11.1. The molecule has 5 nitrogen and oxygen atoms in total. The van der Waals surface area contributed by atoms with Gasteiger partial charge in [-0.2, -0.15) is 0 Å². The van der Waals surface area contributed by atoms with Crippen LogP contribution in [-0.4, -0.2) is 12.0 Å². The summed E-state index contributed by atoms with van der Waals surface area (Å²) >= 11 is 12.2. The number of amides is 1. The van der Waals surface area contributed by atoms with E-state index in [-0.39, 0.29) is 5.91 Å². The number of hydrogen-bond acceptors (Lipinski definition) is 4. The molecule has 4 rings (SSSR count). The first-order chi connectivity index (χ1) is 15.5. The monoisotopic (exact) mass is 469 g/mol. The van der Waals surface area contributed by atoms with Crippen molar-refractivity contribution in [3.05, 3.63) is 93.0 Å². The highest BCUT2D eigenvalue weighted by atomic mass is 35.5. The van der Waals surface area contributed by atoms with Crippen molar-refractivity contribution >= 4 is 34.8 Å². The SMILES string of the molecule is CC1Oc2ccc(CNCc3cccc(CNCc4ccc(Cl)cc4Cl)c3)cc2NC1=O. The predicted molar refractivity (Wildman–Crippen MR) is 129 cm³/mol. The first-order valence-electron chi connectivity index (χ1n) is 10.5. The maximum absolute atomic E-state index is 11.8. The van der Waals surface area contributed by atoms with Gasteiger partial charge in [-0.25, -0.2) is 0 Å². The summed E-state index contributed by atoms with van der Waals surface area (Å²) < 4.78 is 5.61. The minimum atomic E-state index is -0.462. The summed E-state index contributed by atoms with van der Waals surface area (Å²) in [4.78, 5) is 11.8. The lowest BCUT2D eigenvalue weighted by Gasteiger charge is -2.23. The van der Waals surface area contributed by atoms with Gasteiger partial charge in [-0.05, 0) is 53.4 Å². The topological polar surface area (TPSA) is 62.4 Å². The molecule has 0 saturated heterocycles. The van der Waals surface area contributed by atoms with Gasteiger partial charge in [0.15, 0.2) is 6.10 Å². The van der Waals surface area contributed by atoms with Gasteiger partial charge in [0.05, 0.1) is 5.69 Å². The van der Waals surface area contributed by atoms with Crippen molar-refractivity contribution < 1.29 is 9.53 Å². The molecule has 1 atom stereocenters. The molecule has 0 bridgehead atoms. The number of anilines is 1. The molecular formula is C25H25Cl2N3O2. The van der Waals surface area contributed by atoms with Gasteiger partial charge in [0.1, 0.15) is 5.75 Å². The number of hydrogen-bond donors (Lipinski definition) is 3. The number of carbonyl (C=O) groups excluding carboxylic acids is 1. The summed E-state index contributed by atoms with van der Waals surface area (Å²) in [6.07, 6.45) is -0.462. The van der Waals surface area contributed by atoms with Crippen LogP contribution >= 0.6 is 23.2 Å². The van der Waals surface area contributed by atoms with E-state index < -0.39 is 6.10 Å². The van der Waals surface area contributed by atoms with Crippen molar-refractivity contribution in [1.29, 1.82) is 0 Å². The highest BCUT2D eigenvalue weighted by Crippen LogP contribution is 2.30. The molecule has 0 radical (unpaired) electrons. The Morgan fingerprint density at radius 1 is 0.875 bits per heavy atom. The van der Waals surface area contributed by atoms with Crippen LogP contribution in [0.3, 0.4) is 0 Å². The molecule has 3 aromatic carbocycles. The van der Waals surface area contributed by atoms with Crippen molar-refractivity contribution in [2.45, 2.75) is 39.2 Å². The van der Waals surface area contributed by atoms with Crippen molar-refractivity contribution in [3.63, 3.8) is 0 Å². The summed E-state index contributed by atoms with van der Waals surface area (Å²) in [6.45, 7) is 4.60. The number of halogens is 2. The molecule has 1 aliphatic rings. The molecule has 1 aliphatic heterocycles. The molecule has 166 valence electrons. The average molecular weight is 470 g/mol. The van der Waals surface area contributed by atoms with Crippen molar-refractivity contribution in [3.8, 4) is 5.75 Å². The van der Waals surface area contributed by atoms with Crippen LogP contribution in [0, 0.1) is 0 Å². The Morgan fingerprint density at radius 2 is 1.56 bits per heavy atom. The van der Waals surface area contributed by atoms with Crippen LogP contribution in [0.2, 0.25) is 10.0 Å². The zero-order valence-electron chi connectivity index (χ0n) is 17.8. The average Bonchev–Trinajstić information content (AvgIpc) is 2.77. The summed E-state index contributed by atoms with van der Waals surface area (Å²) in [5.74, 6) is 0.590. The zero-order chi connectivity index (χ0) is 22.5. The molecule has 3 aromatic rings. The van der Waals surface area contributed by atoms with E-state index in [1.807, 2.05) is 30.3 Å².